The van der Waals surface area contributed by atoms with Crippen molar-refractivity contribution in [3.05, 3.63) is 21.8 Å². The van der Waals surface area contributed by atoms with Crippen LogP contribution in [0.15, 0.2) is 18.2 Å². The van der Waals surface area contributed by atoms with Gasteiger partial charge in [0, 0.05) is 9.61 Å². The SMILES string of the molecule is CC(C)Nc1ccc(I)cc1OC(F)F. The van der Waals surface area contributed by atoms with Crippen molar-refractivity contribution >= 4 is 28.3 Å². The Labute approximate surface area is 101 Å². The van der Waals surface area contributed by atoms with Crippen molar-refractivity contribution in [3.63, 3.8) is 0 Å². The number of anilines is 1. The van der Waals surface area contributed by atoms with E-state index >= 15 is 0 Å². The lowest BCUT2D eigenvalue weighted by Crippen LogP contribution is -2.12. The van der Waals surface area contributed by atoms with Gasteiger partial charge < -0.3 is 10.1 Å². The van der Waals surface area contributed by atoms with Crippen LogP contribution in [0.3, 0.4) is 0 Å². The van der Waals surface area contributed by atoms with Crippen LogP contribution in [0, 0.1) is 3.57 Å². The largest absolute Gasteiger partial charge is 0.433 e. The topological polar surface area (TPSA) is 21.3 Å². The van der Waals surface area contributed by atoms with E-state index in [1.807, 2.05) is 42.5 Å². The average molecular weight is 327 g/mol. The van der Waals surface area contributed by atoms with Crippen LogP contribution in [0.2, 0.25) is 0 Å². The van der Waals surface area contributed by atoms with Gasteiger partial charge in [0.25, 0.3) is 0 Å². The van der Waals surface area contributed by atoms with E-state index in [2.05, 4.69) is 10.1 Å². The van der Waals surface area contributed by atoms with E-state index in [-0.39, 0.29) is 11.8 Å². The number of hydrogen-bond acceptors (Lipinski definition) is 2. The minimum Gasteiger partial charge on any atom is -0.433 e. The molecule has 5 heteroatoms. The molecule has 0 aliphatic rings. The standard InChI is InChI=1S/C10H12F2INO/c1-6(2)14-8-4-3-7(13)5-9(8)15-10(11)12/h3-6,10,14H,1-2H3. The van der Waals surface area contributed by atoms with Crippen molar-refractivity contribution in [1.82, 2.24) is 0 Å². The van der Waals surface area contributed by atoms with Crippen LogP contribution < -0.4 is 10.1 Å². The molecule has 0 spiro atoms. The van der Waals surface area contributed by atoms with Gasteiger partial charge in [0.2, 0.25) is 0 Å². The maximum Gasteiger partial charge on any atom is 0.387 e. The predicted octanol–water partition coefficient (Wildman–Crippen LogP) is 3.71. The van der Waals surface area contributed by atoms with Gasteiger partial charge in [0.1, 0.15) is 5.75 Å². The van der Waals surface area contributed by atoms with E-state index < -0.39 is 6.61 Å². The van der Waals surface area contributed by atoms with E-state index in [9.17, 15) is 8.78 Å². The Bertz CT molecular complexity index is 331. The number of benzene rings is 1. The molecule has 1 aromatic rings. The number of rotatable bonds is 4. The first-order chi connectivity index (χ1) is 6.99. The second kappa shape index (κ2) is 5.48. The van der Waals surface area contributed by atoms with Crippen molar-refractivity contribution in [2.75, 3.05) is 5.32 Å². The smallest absolute Gasteiger partial charge is 0.387 e. The van der Waals surface area contributed by atoms with E-state index in [0.29, 0.717) is 5.69 Å². The van der Waals surface area contributed by atoms with E-state index in [4.69, 9.17) is 0 Å². The van der Waals surface area contributed by atoms with Crippen molar-refractivity contribution < 1.29 is 13.5 Å². The monoisotopic (exact) mass is 327 g/mol. The predicted molar refractivity (Wildman–Crippen MR) is 64.5 cm³/mol. The fraction of sp³-hybridized carbons (Fsp3) is 0.400. The van der Waals surface area contributed by atoms with Crippen LogP contribution in [0.4, 0.5) is 14.5 Å². The Balaban J connectivity index is 2.92. The van der Waals surface area contributed by atoms with Crippen molar-refractivity contribution in [3.8, 4) is 5.75 Å². The third kappa shape index (κ3) is 4.19. The zero-order valence-corrected chi connectivity index (χ0v) is 10.6. The number of alkyl halides is 2. The number of ether oxygens (including phenoxy) is 1. The first-order valence-electron chi connectivity index (χ1n) is 4.50. The molecule has 0 aliphatic heterocycles. The fourth-order valence-electron chi connectivity index (χ4n) is 1.12. The number of hydrogen-bond donors (Lipinski definition) is 1. The van der Waals surface area contributed by atoms with E-state index in [1.54, 1.807) is 12.1 Å². The molecule has 1 aromatic carbocycles. The van der Waals surface area contributed by atoms with E-state index in [0.717, 1.165) is 3.57 Å². The van der Waals surface area contributed by atoms with Crippen LogP contribution in [0.1, 0.15) is 13.8 Å². The molecule has 0 aromatic heterocycles. The first-order valence-corrected chi connectivity index (χ1v) is 5.58. The van der Waals surface area contributed by atoms with Gasteiger partial charge in [0.15, 0.2) is 0 Å². The molecule has 0 saturated carbocycles. The van der Waals surface area contributed by atoms with Crippen LogP contribution >= 0.6 is 22.6 Å². The summed E-state index contributed by atoms with van der Waals surface area (Å²) < 4.78 is 29.5. The van der Waals surface area contributed by atoms with Gasteiger partial charge >= 0.3 is 6.61 Å². The molecule has 0 fully saturated rings. The molecular weight excluding hydrogens is 315 g/mol. The van der Waals surface area contributed by atoms with Crippen LogP contribution in [-0.4, -0.2) is 12.7 Å². The maximum atomic E-state index is 12.1. The van der Waals surface area contributed by atoms with Gasteiger partial charge in [0.05, 0.1) is 5.69 Å². The van der Waals surface area contributed by atoms with Crippen LogP contribution in [0.5, 0.6) is 5.75 Å². The lowest BCUT2D eigenvalue weighted by molar-refractivity contribution is -0.0494. The summed E-state index contributed by atoms with van der Waals surface area (Å²) in [6.45, 7) is 1.07. The minimum absolute atomic E-state index is 0.171. The van der Waals surface area contributed by atoms with Gasteiger partial charge in [-0.2, -0.15) is 8.78 Å². The highest BCUT2D eigenvalue weighted by atomic mass is 127. The van der Waals surface area contributed by atoms with Gasteiger partial charge in [-0.05, 0) is 54.6 Å². The summed E-state index contributed by atoms with van der Waals surface area (Å²) in [4.78, 5) is 0. The summed E-state index contributed by atoms with van der Waals surface area (Å²) in [5.41, 5.74) is 0.589. The van der Waals surface area contributed by atoms with Gasteiger partial charge in [-0.1, -0.05) is 0 Å². The molecule has 84 valence electrons. The number of nitrogens with one attached hydrogen (secondary N) is 1. The summed E-state index contributed by atoms with van der Waals surface area (Å²) in [5, 5.41) is 3.04. The Morgan fingerprint density at radius 3 is 2.53 bits per heavy atom. The van der Waals surface area contributed by atoms with Crippen LogP contribution in [0.25, 0.3) is 0 Å². The minimum atomic E-state index is -2.80. The Morgan fingerprint density at radius 2 is 2.00 bits per heavy atom. The molecule has 2 nitrogen and oxygen atoms in total. The molecule has 0 amide bonds. The molecule has 15 heavy (non-hydrogen) atoms. The molecule has 0 radical (unpaired) electrons. The molecule has 1 rings (SSSR count). The molecule has 0 bridgehead atoms. The van der Waals surface area contributed by atoms with Crippen molar-refractivity contribution in [1.29, 1.82) is 0 Å². The fourth-order valence-corrected chi connectivity index (χ4v) is 1.58. The molecule has 0 unspecified atom stereocenters. The maximum absolute atomic E-state index is 12.1. The quantitative estimate of drug-likeness (QED) is 0.851. The highest BCUT2D eigenvalue weighted by Gasteiger charge is 2.10. The van der Waals surface area contributed by atoms with E-state index in [1.165, 1.54) is 0 Å². The molecule has 0 saturated heterocycles. The Hall–Kier alpha value is -0.590. The van der Waals surface area contributed by atoms with Gasteiger partial charge in [-0.3, -0.25) is 0 Å². The van der Waals surface area contributed by atoms with Crippen molar-refractivity contribution in [2.24, 2.45) is 0 Å². The third-order valence-corrected chi connectivity index (χ3v) is 2.27. The molecule has 0 atom stereocenters. The van der Waals surface area contributed by atoms with Gasteiger partial charge in [-0.25, -0.2) is 0 Å². The zero-order chi connectivity index (χ0) is 11.4. The summed E-state index contributed by atoms with van der Waals surface area (Å²) >= 11 is 2.05. The van der Waals surface area contributed by atoms with Crippen LogP contribution in [-0.2, 0) is 0 Å². The zero-order valence-electron chi connectivity index (χ0n) is 8.43. The summed E-state index contributed by atoms with van der Waals surface area (Å²) in [5.74, 6) is 0.186. The highest BCUT2D eigenvalue weighted by molar-refractivity contribution is 14.1. The Kier molecular flexibility index (Phi) is 4.56. The molecular formula is C10H12F2INO. The third-order valence-electron chi connectivity index (χ3n) is 1.60. The highest BCUT2D eigenvalue weighted by Crippen LogP contribution is 2.28. The second-order valence-electron chi connectivity index (χ2n) is 3.32. The second-order valence-corrected chi connectivity index (χ2v) is 4.56. The van der Waals surface area contributed by atoms with Gasteiger partial charge in [-0.15, -0.1) is 0 Å². The number of halogens is 3. The normalized spacial score (nSPS) is 10.9. The lowest BCUT2D eigenvalue weighted by Gasteiger charge is -2.15. The molecule has 0 aliphatic carbocycles. The average Bonchev–Trinajstić information content (AvgIpc) is 2.08. The first kappa shape index (κ1) is 12.5. The Morgan fingerprint density at radius 1 is 1.33 bits per heavy atom. The lowest BCUT2D eigenvalue weighted by atomic mass is 10.2. The summed E-state index contributed by atoms with van der Waals surface area (Å²) in [6.07, 6.45) is 0. The van der Waals surface area contributed by atoms with Crippen molar-refractivity contribution in [2.45, 2.75) is 26.5 Å². The summed E-state index contributed by atoms with van der Waals surface area (Å²) in [7, 11) is 0. The molecule has 0 heterocycles. The summed E-state index contributed by atoms with van der Waals surface area (Å²) in [6, 6.07) is 5.32. The molecule has 1 N–H and O–H groups in total.